The van der Waals surface area contributed by atoms with E-state index in [1.165, 1.54) is 0 Å². The lowest BCUT2D eigenvalue weighted by Gasteiger charge is -2.02. The Kier molecular flexibility index (Phi) is 3.75. The molecule has 0 amide bonds. The summed E-state index contributed by atoms with van der Waals surface area (Å²) in [5, 5.41) is 0.144. The highest BCUT2D eigenvalue weighted by molar-refractivity contribution is 7.86. The summed E-state index contributed by atoms with van der Waals surface area (Å²) < 4.78 is 11.4. The van der Waals surface area contributed by atoms with Crippen molar-refractivity contribution in [3.8, 4) is 11.1 Å². The summed E-state index contributed by atoms with van der Waals surface area (Å²) in [7, 11) is -1.09. The third kappa shape index (κ3) is 2.52. The molecule has 0 aliphatic rings. The van der Waals surface area contributed by atoms with Gasteiger partial charge in [-0.3, -0.25) is 4.21 Å². The number of alkyl halides is 1. The van der Waals surface area contributed by atoms with Gasteiger partial charge in [0.05, 0.1) is 10.8 Å². The molecule has 0 saturated heterocycles. The van der Waals surface area contributed by atoms with Gasteiger partial charge in [0.1, 0.15) is 5.21 Å². The molecule has 0 aliphatic carbocycles. The van der Waals surface area contributed by atoms with Crippen LogP contribution in [0.25, 0.3) is 11.1 Å². The number of halogens is 1. The first-order chi connectivity index (χ1) is 7.81. The second-order valence-electron chi connectivity index (χ2n) is 3.35. The van der Waals surface area contributed by atoms with Crippen molar-refractivity contribution < 1.29 is 4.21 Å². The minimum atomic E-state index is -1.09. The molecule has 1 unspecified atom stereocenters. The van der Waals surface area contributed by atoms with Crippen LogP contribution in [0.1, 0.15) is 0 Å². The summed E-state index contributed by atoms with van der Waals surface area (Å²) in [5.41, 5.74) is 2.28. The van der Waals surface area contributed by atoms with Crippen molar-refractivity contribution in [1.29, 1.82) is 0 Å². The van der Waals surface area contributed by atoms with E-state index in [1.54, 1.807) is 0 Å². The lowest BCUT2D eigenvalue weighted by Crippen LogP contribution is -1.91. The zero-order valence-electron chi connectivity index (χ0n) is 8.60. The molecule has 16 heavy (non-hydrogen) atoms. The van der Waals surface area contributed by atoms with Crippen molar-refractivity contribution in [3.63, 3.8) is 0 Å². The Morgan fingerprint density at radius 3 is 2.00 bits per heavy atom. The second-order valence-corrected chi connectivity index (χ2v) is 5.38. The molecule has 1 atom stereocenters. The molecule has 82 valence electrons. The zero-order valence-corrected chi connectivity index (χ0v) is 10.2. The Morgan fingerprint density at radius 2 is 1.44 bits per heavy atom. The molecule has 2 aromatic carbocycles. The van der Waals surface area contributed by atoms with Gasteiger partial charge in [-0.1, -0.05) is 42.5 Å². The van der Waals surface area contributed by atoms with Crippen molar-refractivity contribution in [1.82, 2.24) is 0 Å². The van der Waals surface area contributed by atoms with Crippen molar-refractivity contribution in [3.05, 3.63) is 54.6 Å². The van der Waals surface area contributed by atoms with Gasteiger partial charge in [-0.05, 0) is 23.3 Å². The Hall–Kier alpha value is -1.12. The van der Waals surface area contributed by atoms with Crippen LogP contribution in [0, 0.1) is 0 Å². The maximum Gasteiger partial charge on any atom is 0.103 e. The van der Waals surface area contributed by atoms with Gasteiger partial charge < -0.3 is 0 Å². The Bertz CT molecular complexity index is 479. The van der Waals surface area contributed by atoms with Crippen LogP contribution in [0.3, 0.4) is 0 Å². The Balaban J connectivity index is 2.30. The molecule has 0 bridgehead atoms. The van der Waals surface area contributed by atoms with Gasteiger partial charge >= 0.3 is 0 Å². The molecular weight excluding hydrogens is 240 g/mol. The summed E-state index contributed by atoms with van der Waals surface area (Å²) in [6, 6.07) is 17.7. The number of hydrogen-bond acceptors (Lipinski definition) is 1. The van der Waals surface area contributed by atoms with Crippen LogP contribution in [0.5, 0.6) is 0 Å². The van der Waals surface area contributed by atoms with E-state index in [-0.39, 0.29) is 5.21 Å². The van der Waals surface area contributed by atoms with Gasteiger partial charge in [-0.15, -0.1) is 11.6 Å². The minimum absolute atomic E-state index is 0.144. The second kappa shape index (κ2) is 5.28. The number of benzene rings is 2. The van der Waals surface area contributed by atoms with Gasteiger partial charge in [0, 0.05) is 4.90 Å². The van der Waals surface area contributed by atoms with Crippen LogP contribution in [0.2, 0.25) is 0 Å². The topological polar surface area (TPSA) is 17.1 Å². The third-order valence-corrected chi connectivity index (χ3v) is 3.91. The van der Waals surface area contributed by atoms with E-state index in [2.05, 4.69) is 0 Å². The molecule has 0 fully saturated rings. The molecule has 1 nitrogen and oxygen atoms in total. The molecule has 0 N–H and O–H groups in total. The quantitative estimate of drug-likeness (QED) is 0.760. The first-order valence-corrected chi connectivity index (χ1v) is 6.76. The molecule has 0 spiro atoms. The molecular formula is C13H11ClOS. The maximum atomic E-state index is 11.4. The fourth-order valence-corrected chi connectivity index (χ4v) is 2.44. The molecule has 0 aromatic heterocycles. The summed E-state index contributed by atoms with van der Waals surface area (Å²) >= 11 is 5.54. The lowest BCUT2D eigenvalue weighted by molar-refractivity contribution is 0.686. The van der Waals surface area contributed by atoms with Crippen molar-refractivity contribution in [2.75, 3.05) is 5.21 Å². The first-order valence-electron chi connectivity index (χ1n) is 4.91. The first kappa shape index (κ1) is 11.4. The molecule has 2 rings (SSSR count). The van der Waals surface area contributed by atoms with Gasteiger partial charge in [-0.2, -0.15) is 0 Å². The normalized spacial score (nSPS) is 12.3. The molecule has 0 radical (unpaired) electrons. The van der Waals surface area contributed by atoms with E-state index in [1.807, 2.05) is 54.6 Å². The summed E-state index contributed by atoms with van der Waals surface area (Å²) in [6.07, 6.45) is 0. The monoisotopic (exact) mass is 250 g/mol. The van der Waals surface area contributed by atoms with Crippen LogP contribution in [0.4, 0.5) is 0 Å². The molecule has 0 saturated carbocycles. The van der Waals surface area contributed by atoms with Crippen LogP contribution < -0.4 is 0 Å². The highest BCUT2D eigenvalue weighted by atomic mass is 35.5. The minimum Gasteiger partial charge on any atom is -0.253 e. The largest absolute Gasteiger partial charge is 0.253 e. The van der Waals surface area contributed by atoms with Crippen LogP contribution in [-0.2, 0) is 10.8 Å². The lowest BCUT2D eigenvalue weighted by atomic mass is 10.1. The van der Waals surface area contributed by atoms with E-state index in [0.717, 1.165) is 16.0 Å². The van der Waals surface area contributed by atoms with E-state index in [0.29, 0.717) is 0 Å². The SMILES string of the molecule is O=S(CCl)c1ccc(-c2ccccc2)cc1. The summed E-state index contributed by atoms with van der Waals surface area (Å²) in [5.74, 6) is 0. The Morgan fingerprint density at radius 1 is 0.875 bits per heavy atom. The molecule has 3 heteroatoms. The zero-order chi connectivity index (χ0) is 11.4. The maximum absolute atomic E-state index is 11.4. The van der Waals surface area contributed by atoms with Gasteiger partial charge in [0.15, 0.2) is 0 Å². The van der Waals surface area contributed by atoms with E-state index in [9.17, 15) is 4.21 Å². The molecule has 0 aliphatic heterocycles. The standard InChI is InChI=1S/C13H11ClOS/c14-10-16(15)13-8-6-12(7-9-13)11-4-2-1-3-5-11/h1-9H,10H2. The highest BCUT2D eigenvalue weighted by Gasteiger charge is 2.02. The average Bonchev–Trinajstić information content (AvgIpc) is 2.39. The van der Waals surface area contributed by atoms with E-state index >= 15 is 0 Å². The summed E-state index contributed by atoms with van der Waals surface area (Å²) in [6.45, 7) is 0. The van der Waals surface area contributed by atoms with Crippen molar-refractivity contribution in [2.45, 2.75) is 4.90 Å². The van der Waals surface area contributed by atoms with E-state index in [4.69, 9.17) is 11.6 Å². The fourth-order valence-electron chi connectivity index (χ4n) is 1.49. The smallest absolute Gasteiger partial charge is 0.103 e. The molecule has 0 heterocycles. The predicted molar refractivity (Wildman–Crippen MR) is 69.0 cm³/mol. The average molecular weight is 251 g/mol. The van der Waals surface area contributed by atoms with Crippen LogP contribution >= 0.6 is 11.6 Å². The van der Waals surface area contributed by atoms with Crippen LogP contribution in [-0.4, -0.2) is 9.42 Å². The fraction of sp³-hybridized carbons (Fsp3) is 0.0769. The van der Waals surface area contributed by atoms with Gasteiger partial charge in [0.25, 0.3) is 0 Å². The van der Waals surface area contributed by atoms with Gasteiger partial charge in [0.2, 0.25) is 0 Å². The third-order valence-electron chi connectivity index (χ3n) is 2.32. The van der Waals surface area contributed by atoms with Crippen molar-refractivity contribution >= 4 is 22.4 Å². The predicted octanol–water partition coefficient (Wildman–Crippen LogP) is 3.66. The summed E-state index contributed by atoms with van der Waals surface area (Å²) in [4.78, 5) is 0.773. The number of hydrogen-bond donors (Lipinski definition) is 0. The highest BCUT2D eigenvalue weighted by Crippen LogP contribution is 2.20. The molecule has 2 aromatic rings. The van der Waals surface area contributed by atoms with Crippen LogP contribution in [0.15, 0.2) is 59.5 Å². The Labute approximate surface area is 103 Å². The number of rotatable bonds is 3. The van der Waals surface area contributed by atoms with E-state index < -0.39 is 10.8 Å². The van der Waals surface area contributed by atoms with Gasteiger partial charge in [-0.25, -0.2) is 0 Å². The van der Waals surface area contributed by atoms with Crippen molar-refractivity contribution in [2.24, 2.45) is 0 Å².